The molecule has 0 aliphatic carbocycles. The Bertz CT molecular complexity index is 665. The number of carbonyl (C=O) groups excluding carboxylic acids is 2. The van der Waals surface area contributed by atoms with Crippen LogP contribution in [0.2, 0.25) is 0 Å². The van der Waals surface area contributed by atoms with Crippen molar-refractivity contribution >= 4 is 35.6 Å². The molecule has 142 valence electrons. The smallest absolute Gasteiger partial charge is 0.262 e. The number of nitrogens with one attached hydrogen (secondary N) is 3. The highest BCUT2D eigenvalue weighted by atomic mass is 35.5. The van der Waals surface area contributed by atoms with Gasteiger partial charge in [-0.05, 0) is 30.5 Å². The van der Waals surface area contributed by atoms with Gasteiger partial charge < -0.3 is 16.0 Å². The van der Waals surface area contributed by atoms with E-state index in [1.54, 1.807) is 6.07 Å². The summed E-state index contributed by atoms with van der Waals surface area (Å²) in [6, 6.07) is 12.9. The molecule has 2 aromatic rings. The van der Waals surface area contributed by atoms with Gasteiger partial charge in [0.25, 0.3) is 5.91 Å². The standard InChI is InChI=1S/C19H25N3O2S.ClH/c1-3-20-14(2)13-21-18(23)16(12-15-8-5-4-6-9-15)22-19(24)17-10-7-11-25-17;/h4-11,14,16,20H,3,12-13H2,1-2H3,(H,21,23)(H,22,24);1H/t14-,16?;/m1./s1. The van der Waals surface area contributed by atoms with E-state index in [1.165, 1.54) is 11.3 Å². The van der Waals surface area contributed by atoms with Crippen LogP contribution in [-0.4, -0.2) is 37.0 Å². The molecule has 0 spiro atoms. The molecule has 26 heavy (non-hydrogen) atoms. The van der Waals surface area contributed by atoms with Gasteiger partial charge in [-0.1, -0.05) is 43.3 Å². The van der Waals surface area contributed by atoms with Gasteiger partial charge in [-0.15, -0.1) is 23.7 Å². The van der Waals surface area contributed by atoms with Crippen LogP contribution in [-0.2, 0) is 11.2 Å². The van der Waals surface area contributed by atoms with Crippen molar-refractivity contribution in [3.05, 3.63) is 58.3 Å². The van der Waals surface area contributed by atoms with Crippen molar-refractivity contribution < 1.29 is 9.59 Å². The number of hydrogen-bond donors (Lipinski definition) is 3. The van der Waals surface area contributed by atoms with Crippen LogP contribution in [0.25, 0.3) is 0 Å². The van der Waals surface area contributed by atoms with E-state index < -0.39 is 6.04 Å². The predicted molar refractivity (Wildman–Crippen MR) is 109 cm³/mol. The lowest BCUT2D eigenvalue weighted by Crippen LogP contribution is -2.50. The Kier molecular flexibility index (Phi) is 9.95. The van der Waals surface area contributed by atoms with Gasteiger partial charge in [0, 0.05) is 19.0 Å². The highest BCUT2D eigenvalue weighted by Gasteiger charge is 2.22. The van der Waals surface area contributed by atoms with Gasteiger partial charge in [0.15, 0.2) is 0 Å². The van der Waals surface area contributed by atoms with Gasteiger partial charge in [-0.2, -0.15) is 0 Å². The van der Waals surface area contributed by atoms with Gasteiger partial charge >= 0.3 is 0 Å². The molecule has 2 rings (SSSR count). The van der Waals surface area contributed by atoms with Crippen LogP contribution in [0, 0.1) is 0 Å². The second-order valence-corrected chi connectivity index (χ2v) is 6.84. The Morgan fingerprint density at radius 2 is 1.85 bits per heavy atom. The van der Waals surface area contributed by atoms with E-state index >= 15 is 0 Å². The van der Waals surface area contributed by atoms with Crippen LogP contribution in [0.1, 0.15) is 29.1 Å². The molecule has 1 aromatic carbocycles. The first-order valence-electron chi connectivity index (χ1n) is 8.49. The van der Waals surface area contributed by atoms with Crippen molar-refractivity contribution in [1.29, 1.82) is 0 Å². The molecule has 0 fully saturated rings. The van der Waals surface area contributed by atoms with Gasteiger partial charge in [-0.3, -0.25) is 9.59 Å². The summed E-state index contributed by atoms with van der Waals surface area (Å²) in [5.41, 5.74) is 1.01. The summed E-state index contributed by atoms with van der Waals surface area (Å²) < 4.78 is 0. The number of carbonyl (C=O) groups is 2. The van der Waals surface area contributed by atoms with Crippen molar-refractivity contribution in [3.63, 3.8) is 0 Å². The summed E-state index contributed by atoms with van der Waals surface area (Å²) in [5.74, 6) is -0.385. The molecule has 2 atom stereocenters. The fraction of sp³-hybridized carbons (Fsp3) is 0.368. The minimum absolute atomic E-state index is 0. The summed E-state index contributed by atoms with van der Waals surface area (Å²) >= 11 is 1.36. The zero-order valence-corrected chi connectivity index (χ0v) is 16.7. The van der Waals surface area contributed by atoms with E-state index in [4.69, 9.17) is 0 Å². The van der Waals surface area contributed by atoms with E-state index in [0.29, 0.717) is 17.8 Å². The normalized spacial score (nSPS) is 12.5. The maximum atomic E-state index is 12.6. The second-order valence-electron chi connectivity index (χ2n) is 5.90. The van der Waals surface area contributed by atoms with Gasteiger partial charge in [0.2, 0.25) is 5.91 Å². The molecule has 1 heterocycles. The molecule has 2 amide bonds. The fourth-order valence-corrected chi connectivity index (χ4v) is 3.12. The fourth-order valence-electron chi connectivity index (χ4n) is 2.49. The predicted octanol–water partition coefficient (Wildman–Crippen LogP) is 2.63. The monoisotopic (exact) mass is 395 g/mol. The second kappa shape index (κ2) is 11.7. The largest absolute Gasteiger partial charge is 0.353 e. The minimum Gasteiger partial charge on any atom is -0.353 e. The first-order valence-corrected chi connectivity index (χ1v) is 9.37. The van der Waals surface area contributed by atoms with Crippen molar-refractivity contribution in [2.75, 3.05) is 13.1 Å². The van der Waals surface area contributed by atoms with Gasteiger partial charge in [0.05, 0.1) is 4.88 Å². The van der Waals surface area contributed by atoms with Crippen molar-refractivity contribution in [1.82, 2.24) is 16.0 Å². The lowest BCUT2D eigenvalue weighted by molar-refractivity contribution is -0.123. The van der Waals surface area contributed by atoms with Crippen molar-refractivity contribution in [2.24, 2.45) is 0 Å². The number of amides is 2. The van der Waals surface area contributed by atoms with Crippen LogP contribution in [0.15, 0.2) is 47.8 Å². The number of hydrogen-bond acceptors (Lipinski definition) is 4. The Balaban J connectivity index is 0.00000338. The molecule has 0 saturated heterocycles. The Hall–Kier alpha value is -1.89. The third-order valence-electron chi connectivity index (χ3n) is 3.78. The number of benzene rings is 1. The Labute approximate surface area is 165 Å². The summed E-state index contributed by atoms with van der Waals surface area (Å²) in [6.07, 6.45) is 0.458. The van der Waals surface area contributed by atoms with E-state index in [-0.39, 0.29) is 30.3 Å². The molecular weight excluding hydrogens is 370 g/mol. The van der Waals surface area contributed by atoms with Gasteiger partial charge in [0.1, 0.15) is 6.04 Å². The third kappa shape index (κ3) is 7.15. The minimum atomic E-state index is -0.606. The Morgan fingerprint density at radius 3 is 2.46 bits per heavy atom. The molecule has 7 heteroatoms. The third-order valence-corrected chi connectivity index (χ3v) is 4.65. The van der Waals surface area contributed by atoms with E-state index in [1.807, 2.05) is 55.6 Å². The van der Waals surface area contributed by atoms with Crippen molar-refractivity contribution in [3.8, 4) is 0 Å². The van der Waals surface area contributed by atoms with E-state index in [0.717, 1.165) is 12.1 Å². The number of thiophene rings is 1. The maximum absolute atomic E-state index is 12.6. The molecule has 5 nitrogen and oxygen atoms in total. The Morgan fingerprint density at radius 1 is 1.12 bits per heavy atom. The summed E-state index contributed by atoms with van der Waals surface area (Å²) in [5, 5.41) is 10.9. The highest BCUT2D eigenvalue weighted by Crippen LogP contribution is 2.10. The first-order chi connectivity index (χ1) is 12.1. The maximum Gasteiger partial charge on any atom is 0.262 e. The topological polar surface area (TPSA) is 70.2 Å². The van der Waals surface area contributed by atoms with Crippen LogP contribution >= 0.6 is 23.7 Å². The lowest BCUT2D eigenvalue weighted by Gasteiger charge is -2.20. The van der Waals surface area contributed by atoms with Crippen LogP contribution in [0.4, 0.5) is 0 Å². The number of halogens is 1. The highest BCUT2D eigenvalue weighted by molar-refractivity contribution is 7.12. The average Bonchev–Trinajstić information content (AvgIpc) is 3.15. The molecule has 0 aliphatic rings. The molecule has 0 bridgehead atoms. The molecule has 0 radical (unpaired) electrons. The molecule has 1 aromatic heterocycles. The molecule has 0 aliphatic heterocycles. The zero-order chi connectivity index (χ0) is 18.1. The number of likely N-dealkylation sites (N-methyl/N-ethyl adjacent to an activating group) is 1. The molecule has 1 unspecified atom stereocenters. The zero-order valence-electron chi connectivity index (χ0n) is 15.0. The summed E-state index contributed by atoms with van der Waals surface area (Å²) in [7, 11) is 0. The van der Waals surface area contributed by atoms with Gasteiger partial charge in [-0.25, -0.2) is 0 Å². The van der Waals surface area contributed by atoms with E-state index in [2.05, 4.69) is 16.0 Å². The average molecular weight is 396 g/mol. The van der Waals surface area contributed by atoms with E-state index in [9.17, 15) is 9.59 Å². The molecular formula is C19H26ClN3O2S. The quantitative estimate of drug-likeness (QED) is 0.611. The van der Waals surface area contributed by atoms with Crippen LogP contribution < -0.4 is 16.0 Å². The number of rotatable bonds is 9. The molecule has 3 N–H and O–H groups in total. The summed E-state index contributed by atoms with van der Waals surface area (Å²) in [4.78, 5) is 25.6. The lowest BCUT2D eigenvalue weighted by atomic mass is 10.0. The summed E-state index contributed by atoms with van der Waals surface area (Å²) in [6.45, 7) is 5.41. The van der Waals surface area contributed by atoms with Crippen LogP contribution in [0.5, 0.6) is 0 Å². The van der Waals surface area contributed by atoms with Crippen LogP contribution in [0.3, 0.4) is 0 Å². The first kappa shape index (κ1) is 22.2. The molecule has 0 saturated carbocycles. The van der Waals surface area contributed by atoms with Crippen molar-refractivity contribution in [2.45, 2.75) is 32.4 Å². The SMILES string of the molecule is CCN[C@H](C)CNC(=O)C(Cc1ccccc1)NC(=O)c1cccs1.Cl.